The number of carbonyl (C=O) groups excluding carboxylic acids is 1. The molecule has 18 heavy (non-hydrogen) atoms. The molecule has 0 saturated heterocycles. The van der Waals surface area contributed by atoms with Crippen LogP contribution < -0.4 is 4.72 Å². The SMILES string of the molecule is CCOC(=O)C1=NS(=O)(=O)NC(C2CC=CC2)=C1. The molecular weight excluding hydrogens is 256 g/mol. The minimum atomic E-state index is -3.84. The summed E-state index contributed by atoms with van der Waals surface area (Å²) in [5, 5.41) is 0. The minimum Gasteiger partial charge on any atom is -0.461 e. The first-order chi connectivity index (χ1) is 8.52. The lowest BCUT2D eigenvalue weighted by atomic mass is 10.0. The largest absolute Gasteiger partial charge is 0.461 e. The fraction of sp³-hybridized carbons (Fsp3) is 0.455. The van der Waals surface area contributed by atoms with Crippen molar-refractivity contribution in [3.05, 3.63) is 23.9 Å². The van der Waals surface area contributed by atoms with Gasteiger partial charge in [0.2, 0.25) is 0 Å². The zero-order valence-electron chi connectivity index (χ0n) is 9.92. The minimum absolute atomic E-state index is 0.0553. The molecule has 1 N–H and O–H groups in total. The van der Waals surface area contributed by atoms with E-state index >= 15 is 0 Å². The van der Waals surface area contributed by atoms with Gasteiger partial charge in [-0.05, 0) is 25.8 Å². The number of allylic oxidation sites excluding steroid dienone is 3. The molecule has 0 aromatic heterocycles. The van der Waals surface area contributed by atoms with Gasteiger partial charge in [-0.3, -0.25) is 4.72 Å². The monoisotopic (exact) mass is 270 g/mol. The second kappa shape index (κ2) is 4.93. The standard InChI is InChI=1S/C11H14N2O4S/c1-2-17-11(14)10-7-9(8-5-3-4-6-8)12-18(15,16)13-10/h3-4,7-8,12H,2,5-6H2,1H3. The predicted octanol–water partition coefficient (Wildman–Crippen LogP) is 0.689. The lowest BCUT2D eigenvalue weighted by molar-refractivity contribution is -0.134. The van der Waals surface area contributed by atoms with E-state index in [1.165, 1.54) is 6.08 Å². The van der Waals surface area contributed by atoms with Crippen LogP contribution in [0.25, 0.3) is 0 Å². The normalized spacial score (nSPS) is 22.1. The maximum atomic E-state index is 11.6. The Labute approximate surface area is 106 Å². The van der Waals surface area contributed by atoms with Crippen LogP contribution in [0.15, 0.2) is 28.3 Å². The highest BCUT2D eigenvalue weighted by Gasteiger charge is 2.27. The third kappa shape index (κ3) is 2.79. The van der Waals surface area contributed by atoms with Crippen LogP contribution in [-0.2, 0) is 19.7 Å². The Hall–Kier alpha value is -1.63. The van der Waals surface area contributed by atoms with Crippen molar-refractivity contribution in [3.8, 4) is 0 Å². The maximum Gasteiger partial charge on any atom is 0.357 e. The van der Waals surface area contributed by atoms with Gasteiger partial charge in [-0.1, -0.05) is 12.2 Å². The first-order valence-corrected chi connectivity index (χ1v) is 7.12. The Morgan fingerprint density at radius 2 is 2.17 bits per heavy atom. The molecular formula is C11H14N2O4S. The average Bonchev–Trinajstić information content (AvgIpc) is 2.80. The van der Waals surface area contributed by atoms with Crippen LogP contribution in [0, 0.1) is 5.92 Å². The van der Waals surface area contributed by atoms with Crippen molar-refractivity contribution in [3.63, 3.8) is 0 Å². The summed E-state index contributed by atoms with van der Waals surface area (Å²) in [7, 11) is -3.84. The Kier molecular flexibility index (Phi) is 3.51. The summed E-state index contributed by atoms with van der Waals surface area (Å²) in [6.07, 6.45) is 6.93. The Balaban J connectivity index is 2.27. The summed E-state index contributed by atoms with van der Waals surface area (Å²) in [5.74, 6) is -0.661. The molecule has 0 fully saturated rings. The highest BCUT2D eigenvalue weighted by molar-refractivity contribution is 7.88. The topological polar surface area (TPSA) is 84.8 Å². The highest BCUT2D eigenvalue weighted by Crippen LogP contribution is 2.26. The number of ether oxygens (including phenoxy) is 1. The van der Waals surface area contributed by atoms with Gasteiger partial charge in [-0.2, -0.15) is 8.42 Å². The summed E-state index contributed by atoms with van der Waals surface area (Å²) in [5.41, 5.74) is 0.329. The molecule has 0 aromatic carbocycles. The number of carbonyl (C=O) groups is 1. The zero-order valence-corrected chi connectivity index (χ0v) is 10.7. The number of nitrogens with zero attached hydrogens (tertiary/aromatic N) is 1. The van der Waals surface area contributed by atoms with Gasteiger partial charge in [0.25, 0.3) is 0 Å². The van der Waals surface area contributed by atoms with E-state index in [9.17, 15) is 13.2 Å². The van der Waals surface area contributed by atoms with Crippen LogP contribution in [0.5, 0.6) is 0 Å². The van der Waals surface area contributed by atoms with Crippen LogP contribution in [0.3, 0.4) is 0 Å². The maximum absolute atomic E-state index is 11.6. The van der Waals surface area contributed by atoms with Gasteiger partial charge in [0.15, 0.2) is 5.71 Å². The summed E-state index contributed by atoms with van der Waals surface area (Å²) in [6.45, 7) is 1.83. The number of nitrogens with one attached hydrogen (secondary N) is 1. The third-order valence-electron chi connectivity index (χ3n) is 2.69. The smallest absolute Gasteiger partial charge is 0.357 e. The van der Waals surface area contributed by atoms with Gasteiger partial charge >= 0.3 is 16.2 Å². The molecule has 0 aromatic rings. The number of hydrogen-bond acceptors (Lipinski definition) is 4. The molecule has 1 aliphatic carbocycles. The van der Waals surface area contributed by atoms with E-state index in [4.69, 9.17) is 4.74 Å². The summed E-state index contributed by atoms with van der Waals surface area (Å²) in [4.78, 5) is 11.5. The van der Waals surface area contributed by atoms with Crippen molar-refractivity contribution >= 4 is 21.9 Å². The van der Waals surface area contributed by atoms with E-state index in [1.54, 1.807) is 6.92 Å². The summed E-state index contributed by atoms with van der Waals surface area (Å²) in [6, 6.07) is 0. The van der Waals surface area contributed by atoms with Crippen molar-refractivity contribution in [2.75, 3.05) is 6.61 Å². The number of esters is 1. The Morgan fingerprint density at radius 3 is 2.78 bits per heavy atom. The second-order valence-corrected chi connectivity index (χ2v) is 5.35. The van der Waals surface area contributed by atoms with Crippen LogP contribution in [0.4, 0.5) is 0 Å². The molecule has 0 bridgehead atoms. The summed E-state index contributed by atoms with van der Waals surface area (Å²) < 4.78 is 33.6. The zero-order chi connectivity index (χ0) is 13.2. The van der Waals surface area contributed by atoms with E-state index in [0.717, 1.165) is 12.8 Å². The molecule has 1 heterocycles. The van der Waals surface area contributed by atoms with Gasteiger partial charge in [0, 0.05) is 11.6 Å². The molecule has 7 heteroatoms. The molecule has 0 atom stereocenters. The van der Waals surface area contributed by atoms with Gasteiger partial charge < -0.3 is 4.74 Å². The van der Waals surface area contributed by atoms with Gasteiger partial charge in [0.1, 0.15) is 0 Å². The van der Waals surface area contributed by atoms with Crippen LogP contribution in [-0.4, -0.2) is 26.7 Å². The first kappa shape index (κ1) is 12.8. The lowest BCUT2D eigenvalue weighted by Gasteiger charge is -2.19. The first-order valence-electron chi connectivity index (χ1n) is 5.68. The van der Waals surface area contributed by atoms with Crippen molar-refractivity contribution < 1.29 is 17.9 Å². The van der Waals surface area contributed by atoms with E-state index in [2.05, 4.69) is 9.12 Å². The van der Waals surface area contributed by atoms with E-state index in [1.807, 2.05) is 12.2 Å². The highest BCUT2D eigenvalue weighted by atomic mass is 32.2. The van der Waals surface area contributed by atoms with Gasteiger partial charge in [-0.25, -0.2) is 4.79 Å². The fourth-order valence-corrected chi connectivity index (χ4v) is 2.83. The molecule has 2 aliphatic rings. The molecule has 0 spiro atoms. The second-order valence-electron chi connectivity index (χ2n) is 4.01. The van der Waals surface area contributed by atoms with E-state index in [-0.39, 0.29) is 18.2 Å². The molecule has 0 amide bonds. The predicted molar refractivity (Wildman–Crippen MR) is 66.1 cm³/mol. The number of hydrogen-bond donors (Lipinski definition) is 1. The van der Waals surface area contributed by atoms with Crippen LogP contribution in [0.1, 0.15) is 19.8 Å². The molecule has 98 valence electrons. The van der Waals surface area contributed by atoms with Crippen molar-refractivity contribution in [1.29, 1.82) is 0 Å². The average molecular weight is 270 g/mol. The molecule has 0 saturated carbocycles. The molecule has 2 rings (SSSR count). The van der Waals surface area contributed by atoms with E-state index < -0.39 is 16.2 Å². The van der Waals surface area contributed by atoms with Crippen molar-refractivity contribution in [2.24, 2.45) is 10.3 Å². The Morgan fingerprint density at radius 1 is 1.50 bits per heavy atom. The quantitative estimate of drug-likeness (QED) is 0.604. The molecule has 0 radical (unpaired) electrons. The van der Waals surface area contributed by atoms with Crippen molar-refractivity contribution in [1.82, 2.24) is 4.72 Å². The Bertz CT molecular complexity index is 537. The molecule has 0 unspecified atom stereocenters. The number of rotatable bonds is 3. The van der Waals surface area contributed by atoms with Gasteiger partial charge in [0.05, 0.1) is 6.61 Å². The summed E-state index contributed by atoms with van der Waals surface area (Å²) >= 11 is 0. The van der Waals surface area contributed by atoms with E-state index in [0.29, 0.717) is 5.70 Å². The van der Waals surface area contributed by atoms with Crippen LogP contribution >= 0.6 is 0 Å². The van der Waals surface area contributed by atoms with Crippen molar-refractivity contribution in [2.45, 2.75) is 19.8 Å². The molecule has 6 nitrogen and oxygen atoms in total. The van der Waals surface area contributed by atoms with Crippen LogP contribution in [0.2, 0.25) is 0 Å². The third-order valence-corrected chi connectivity index (χ3v) is 3.62. The fourth-order valence-electron chi connectivity index (χ4n) is 1.88. The molecule has 1 aliphatic heterocycles. The van der Waals surface area contributed by atoms with Gasteiger partial charge in [-0.15, -0.1) is 4.40 Å². The lowest BCUT2D eigenvalue weighted by Crippen LogP contribution is -2.33.